The third-order valence-electron chi connectivity index (χ3n) is 5.88. The number of benzene rings is 1. The largest absolute Gasteiger partial charge is 0.383 e. The van der Waals surface area contributed by atoms with Gasteiger partial charge in [0.05, 0.1) is 12.6 Å². The van der Waals surface area contributed by atoms with Crippen LogP contribution in [-0.4, -0.2) is 84.5 Å². The summed E-state index contributed by atoms with van der Waals surface area (Å²) >= 11 is 0. The summed E-state index contributed by atoms with van der Waals surface area (Å²) in [7, 11) is 1.61. The lowest BCUT2D eigenvalue weighted by molar-refractivity contribution is -0.143. The van der Waals surface area contributed by atoms with Crippen molar-refractivity contribution in [2.24, 2.45) is 5.92 Å². The highest BCUT2D eigenvalue weighted by molar-refractivity contribution is 5.91. The molecule has 0 aliphatic carbocycles. The highest BCUT2D eigenvalue weighted by Gasteiger charge is 2.49. The third-order valence-corrected chi connectivity index (χ3v) is 5.88. The van der Waals surface area contributed by atoms with Crippen molar-refractivity contribution >= 4 is 17.8 Å². The summed E-state index contributed by atoms with van der Waals surface area (Å²) < 4.78 is 5.15. The Labute approximate surface area is 184 Å². The number of hydrogen-bond donors (Lipinski definition) is 1. The van der Waals surface area contributed by atoms with E-state index in [2.05, 4.69) is 5.32 Å². The molecule has 0 unspecified atom stereocenters. The zero-order valence-corrected chi connectivity index (χ0v) is 19.0. The van der Waals surface area contributed by atoms with E-state index >= 15 is 0 Å². The molecule has 4 amide bonds. The van der Waals surface area contributed by atoms with Gasteiger partial charge < -0.3 is 24.8 Å². The predicted octanol–water partition coefficient (Wildman–Crippen LogP) is 1.62. The van der Waals surface area contributed by atoms with E-state index < -0.39 is 6.04 Å². The van der Waals surface area contributed by atoms with Crippen LogP contribution in [0.1, 0.15) is 31.4 Å². The molecule has 0 radical (unpaired) electrons. The van der Waals surface area contributed by atoms with E-state index in [1.54, 1.807) is 21.8 Å². The van der Waals surface area contributed by atoms with Crippen LogP contribution < -0.4 is 5.32 Å². The second-order valence-corrected chi connectivity index (χ2v) is 8.91. The number of amides is 4. The number of nitrogens with one attached hydrogen (secondary N) is 1. The molecule has 31 heavy (non-hydrogen) atoms. The molecule has 2 heterocycles. The average Bonchev–Trinajstić information content (AvgIpc) is 3.03. The van der Waals surface area contributed by atoms with Crippen molar-refractivity contribution in [2.45, 2.75) is 45.8 Å². The Morgan fingerprint density at radius 1 is 1.16 bits per heavy atom. The summed E-state index contributed by atoms with van der Waals surface area (Å²) in [4.78, 5) is 43.7. The van der Waals surface area contributed by atoms with E-state index in [0.29, 0.717) is 39.2 Å². The predicted molar refractivity (Wildman–Crippen MR) is 117 cm³/mol. The van der Waals surface area contributed by atoms with Crippen molar-refractivity contribution < 1.29 is 19.1 Å². The number of carbonyl (C=O) groups excluding carboxylic acids is 3. The standard InChI is InChI=1S/C23H34N4O4/c1-16(2)11-20-22(29)25(9-10-31-4)13-19-14-26(23(30)27(19)20)15-21(28)24-12-18-7-5-17(3)6-8-18/h5-8,16,19-20H,9-15H2,1-4H3,(H,24,28)/t19-,20-/m0/s1. The molecule has 1 aromatic rings. The van der Waals surface area contributed by atoms with Gasteiger partial charge in [-0.2, -0.15) is 0 Å². The quantitative estimate of drug-likeness (QED) is 0.646. The Morgan fingerprint density at radius 3 is 2.48 bits per heavy atom. The molecule has 2 aliphatic rings. The molecular weight excluding hydrogens is 396 g/mol. The van der Waals surface area contributed by atoms with Gasteiger partial charge >= 0.3 is 6.03 Å². The smallest absolute Gasteiger partial charge is 0.321 e. The lowest BCUT2D eigenvalue weighted by atomic mass is 9.97. The SMILES string of the molecule is COCCN1C[C@H]2CN(CC(=O)NCc3ccc(C)cc3)C(=O)N2[C@@H](CC(C)C)C1=O. The van der Waals surface area contributed by atoms with Gasteiger partial charge in [-0.3, -0.25) is 9.59 Å². The van der Waals surface area contributed by atoms with Gasteiger partial charge in [-0.15, -0.1) is 0 Å². The Balaban J connectivity index is 1.63. The van der Waals surface area contributed by atoms with Gasteiger partial charge in [-0.05, 0) is 24.8 Å². The summed E-state index contributed by atoms with van der Waals surface area (Å²) in [5, 5.41) is 2.89. The molecule has 8 nitrogen and oxygen atoms in total. The molecule has 2 atom stereocenters. The summed E-state index contributed by atoms with van der Waals surface area (Å²) in [5.74, 6) is 0.0504. The number of hydrogen-bond acceptors (Lipinski definition) is 4. The number of nitrogens with zero attached hydrogens (tertiary/aromatic N) is 3. The van der Waals surface area contributed by atoms with Crippen molar-refractivity contribution in [1.82, 2.24) is 20.0 Å². The van der Waals surface area contributed by atoms with Gasteiger partial charge in [0.1, 0.15) is 12.6 Å². The molecule has 0 aromatic heterocycles. The molecule has 1 N–H and O–H groups in total. The van der Waals surface area contributed by atoms with Gasteiger partial charge in [-0.25, -0.2) is 4.79 Å². The lowest BCUT2D eigenvalue weighted by Gasteiger charge is -2.42. The minimum absolute atomic E-state index is 0.00163. The number of rotatable bonds is 9. The number of carbonyl (C=O) groups is 3. The minimum Gasteiger partial charge on any atom is -0.383 e. The molecule has 0 saturated carbocycles. The van der Waals surface area contributed by atoms with Crippen molar-refractivity contribution in [3.8, 4) is 0 Å². The fraction of sp³-hybridized carbons (Fsp3) is 0.609. The van der Waals surface area contributed by atoms with Crippen molar-refractivity contribution in [3.05, 3.63) is 35.4 Å². The maximum absolute atomic E-state index is 13.1. The molecule has 3 rings (SSSR count). The normalized spacial score (nSPS) is 21.1. The molecule has 0 spiro atoms. The van der Waals surface area contributed by atoms with Crippen molar-refractivity contribution in [3.63, 3.8) is 0 Å². The first-order valence-electron chi connectivity index (χ1n) is 11.0. The lowest BCUT2D eigenvalue weighted by Crippen LogP contribution is -2.61. The Kier molecular flexibility index (Phi) is 7.54. The molecule has 8 heteroatoms. The zero-order valence-electron chi connectivity index (χ0n) is 19.0. The van der Waals surface area contributed by atoms with Crippen molar-refractivity contribution in [2.75, 3.05) is 39.9 Å². The molecule has 2 aliphatic heterocycles. The van der Waals surface area contributed by atoms with E-state index in [4.69, 9.17) is 4.74 Å². The van der Waals surface area contributed by atoms with Crippen LogP contribution in [0.15, 0.2) is 24.3 Å². The molecule has 1 aromatic carbocycles. The highest BCUT2D eigenvalue weighted by Crippen LogP contribution is 2.29. The van der Waals surface area contributed by atoms with Gasteiger partial charge in [0, 0.05) is 33.3 Å². The van der Waals surface area contributed by atoms with E-state index in [0.717, 1.165) is 5.56 Å². The molecular formula is C23H34N4O4. The molecule has 2 saturated heterocycles. The fourth-order valence-electron chi connectivity index (χ4n) is 4.28. The first-order valence-corrected chi connectivity index (χ1v) is 11.0. The first-order chi connectivity index (χ1) is 14.8. The van der Waals surface area contributed by atoms with Crippen LogP contribution in [0, 0.1) is 12.8 Å². The van der Waals surface area contributed by atoms with Crippen molar-refractivity contribution in [1.29, 1.82) is 0 Å². The number of urea groups is 1. The van der Waals surface area contributed by atoms with Gasteiger partial charge in [0.2, 0.25) is 11.8 Å². The maximum Gasteiger partial charge on any atom is 0.321 e. The Morgan fingerprint density at radius 2 is 1.84 bits per heavy atom. The topological polar surface area (TPSA) is 82.2 Å². The van der Waals surface area contributed by atoms with Crippen LogP contribution in [0.25, 0.3) is 0 Å². The number of methoxy groups -OCH3 is 1. The van der Waals surface area contributed by atoms with Crippen LogP contribution in [0.4, 0.5) is 4.79 Å². The van der Waals surface area contributed by atoms with E-state index in [1.807, 2.05) is 45.0 Å². The zero-order chi connectivity index (χ0) is 22.5. The first kappa shape index (κ1) is 23.1. The summed E-state index contributed by atoms with van der Waals surface area (Å²) in [6, 6.07) is 7.16. The molecule has 0 bridgehead atoms. The number of ether oxygens (including phenoxy) is 1. The van der Waals surface area contributed by atoms with Gasteiger partial charge in [0.15, 0.2) is 0 Å². The van der Waals surface area contributed by atoms with Crippen LogP contribution in [0.5, 0.6) is 0 Å². The summed E-state index contributed by atoms with van der Waals surface area (Å²) in [6.45, 7) is 8.44. The number of fused-ring (bicyclic) bond motifs is 1. The van der Waals surface area contributed by atoms with Gasteiger partial charge in [-0.1, -0.05) is 43.7 Å². The fourth-order valence-corrected chi connectivity index (χ4v) is 4.28. The van der Waals surface area contributed by atoms with E-state index in [-0.39, 0.29) is 36.3 Å². The molecule has 170 valence electrons. The highest BCUT2D eigenvalue weighted by atomic mass is 16.5. The third kappa shape index (κ3) is 5.55. The van der Waals surface area contributed by atoms with E-state index in [9.17, 15) is 14.4 Å². The van der Waals surface area contributed by atoms with Crippen LogP contribution in [-0.2, 0) is 20.9 Å². The van der Waals surface area contributed by atoms with Crippen LogP contribution in [0.2, 0.25) is 0 Å². The number of aryl methyl sites for hydroxylation is 1. The van der Waals surface area contributed by atoms with Crippen LogP contribution in [0.3, 0.4) is 0 Å². The van der Waals surface area contributed by atoms with Gasteiger partial charge in [0.25, 0.3) is 0 Å². The second-order valence-electron chi connectivity index (χ2n) is 8.91. The Bertz CT molecular complexity index is 795. The average molecular weight is 431 g/mol. The molecule has 2 fully saturated rings. The van der Waals surface area contributed by atoms with E-state index in [1.165, 1.54) is 5.56 Å². The second kappa shape index (κ2) is 10.1. The summed E-state index contributed by atoms with van der Waals surface area (Å²) in [6.07, 6.45) is 0.609. The number of piperazine rings is 1. The monoisotopic (exact) mass is 430 g/mol. The summed E-state index contributed by atoms with van der Waals surface area (Å²) in [5.41, 5.74) is 2.18. The minimum atomic E-state index is -0.483. The van der Waals surface area contributed by atoms with Crippen LogP contribution >= 0.6 is 0 Å². The maximum atomic E-state index is 13.1. The Hall–Kier alpha value is -2.61.